The molecular formula is C16H22N2O2. The molecule has 0 fully saturated rings. The number of carbonyl (C=O) groups is 1. The summed E-state index contributed by atoms with van der Waals surface area (Å²) in [5, 5.41) is 1.18. The Balaban J connectivity index is 2.50. The minimum atomic E-state index is -0.725. The predicted octanol–water partition coefficient (Wildman–Crippen LogP) is 3.70. The monoisotopic (exact) mass is 274 g/mol. The van der Waals surface area contributed by atoms with Crippen LogP contribution >= 0.6 is 0 Å². The third-order valence-electron chi connectivity index (χ3n) is 3.73. The van der Waals surface area contributed by atoms with Crippen molar-refractivity contribution in [3.05, 3.63) is 35.5 Å². The van der Waals surface area contributed by atoms with E-state index in [9.17, 15) is 4.79 Å². The summed E-state index contributed by atoms with van der Waals surface area (Å²) in [7, 11) is 0. The first kappa shape index (κ1) is 14.4. The summed E-state index contributed by atoms with van der Waals surface area (Å²) in [6.07, 6.45) is -0.725. The number of aromatic nitrogens is 1. The largest absolute Gasteiger partial charge is 0.449 e. The maximum absolute atomic E-state index is 10.9. The number of nitrogens with two attached hydrogens (primary N) is 1. The fourth-order valence-corrected chi connectivity index (χ4v) is 2.68. The van der Waals surface area contributed by atoms with E-state index < -0.39 is 6.09 Å². The molecule has 1 atom stereocenters. The van der Waals surface area contributed by atoms with Gasteiger partial charge in [0.25, 0.3) is 0 Å². The fraction of sp³-hybridized carbons (Fsp3) is 0.438. The highest BCUT2D eigenvalue weighted by molar-refractivity contribution is 5.85. The average molecular weight is 274 g/mol. The van der Waals surface area contributed by atoms with Crippen LogP contribution in [0.2, 0.25) is 0 Å². The van der Waals surface area contributed by atoms with Gasteiger partial charge in [-0.05, 0) is 24.0 Å². The van der Waals surface area contributed by atoms with Gasteiger partial charge >= 0.3 is 6.09 Å². The lowest BCUT2D eigenvalue weighted by atomic mass is 9.76. The zero-order valence-electron chi connectivity index (χ0n) is 12.5. The fourth-order valence-electron chi connectivity index (χ4n) is 2.68. The molecule has 0 spiro atoms. The minimum Gasteiger partial charge on any atom is -0.449 e. The molecule has 20 heavy (non-hydrogen) atoms. The van der Waals surface area contributed by atoms with E-state index in [0.29, 0.717) is 6.61 Å². The van der Waals surface area contributed by atoms with Crippen molar-refractivity contribution in [3.8, 4) is 0 Å². The first-order chi connectivity index (χ1) is 9.30. The molecule has 0 aliphatic carbocycles. The zero-order valence-corrected chi connectivity index (χ0v) is 12.5. The van der Waals surface area contributed by atoms with Gasteiger partial charge < -0.3 is 15.5 Å². The Kier molecular flexibility index (Phi) is 3.75. The number of aryl methyl sites for hydroxylation is 1. The third kappa shape index (κ3) is 2.79. The highest BCUT2D eigenvalue weighted by atomic mass is 16.5. The SMILES string of the molecule is Cc1[nH]c2ccccc2c1C(COC(N)=O)C(C)(C)C. The number of ether oxygens (including phenoxy) is 1. The normalized spacial score (nSPS) is 13.4. The Hall–Kier alpha value is -1.97. The van der Waals surface area contributed by atoms with Crippen LogP contribution in [0.15, 0.2) is 24.3 Å². The van der Waals surface area contributed by atoms with Gasteiger partial charge in [0.1, 0.15) is 6.61 Å². The second-order valence-corrected chi connectivity index (χ2v) is 6.26. The van der Waals surface area contributed by atoms with Crippen molar-refractivity contribution in [2.45, 2.75) is 33.6 Å². The molecule has 4 nitrogen and oxygen atoms in total. The first-order valence-corrected chi connectivity index (χ1v) is 6.80. The average Bonchev–Trinajstić information content (AvgIpc) is 2.64. The van der Waals surface area contributed by atoms with Crippen LogP contribution in [0.5, 0.6) is 0 Å². The smallest absolute Gasteiger partial charge is 0.404 e. The quantitative estimate of drug-likeness (QED) is 0.896. The van der Waals surface area contributed by atoms with Gasteiger partial charge in [0.05, 0.1) is 0 Å². The summed E-state index contributed by atoms with van der Waals surface area (Å²) in [6.45, 7) is 8.77. The van der Waals surface area contributed by atoms with E-state index in [2.05, 4.69) is 44.8 Å². The summed E-state index contributed by atoms with van der Waals surface area (Å²) >= 11 is 0. The molecule has 1 unspecified atom stereocenters. The van der Waals surface area contributed by atoms with Gasteiger partial charge in [-0.2, -0.15) is 0 Å². The Labute approximate surface area is 119 Å². The molecule has 0 aliphatic rings. The number of primary amides is 1. The van der Waals surface area contributed by atoms with Crippen molar-refractivity contribution in [2.24, 2.45) is 11.1 Å². The number of amides is 1. The molecule has 0 saturated carbocycles. The molecule has 3 N–H and O–H groups in total. The number of rotatable bonds is 3. The van der Waals surface area contributed by atoms with Crippen LogP contribution in [0.4, 0.5) is 4.79 Å². The molecular weight excluding hydrogens is 252 g/mol. The zero-order chi connectivity index (χ0) is 14.9. The third-order valence-corrected chi connectivity index (χ3v) is 3.73. The summed E-state index contributed by atoms with van der Waals surface area (Å²) < 4.78 is 5.08. The number of aromatic amines is 1. The summed E-state index contributed by atoms with van der Waals surface area (Å²) in [5.74, 6) is 0.0890. The highest BCUT2D eigenvalue weighted by Gasteiger charge is 2.31. The van der Waals surface area contributed by atoms with Crippen molar-refractivity contribution < 1.29 is 9.53 Å². The molecule has 1 heterocycles. The molecule has 0 radical (unpaired) electrons. The second kappa shape index (κ2) is 5.19. The Morgan fingerprint density at radius 2 is 2.00 bits per heavy atom. The van der Waals surface area contributed by atoms with Crippen LogP contribution in [-0.2, 0) is 4.74 Å². The van der Waals surface area contributed by atoms with E-state index in [0.717, 1.165) is 11.2 Å². The van der Waals surface area contributed by atoms with E-state index in [1.54, 1.807) is 0 Å². The highest BCUT2D eigenvalue weighted by Crippen LogP contribution is 2.40. The maximum atomic E-state index is 10.9. The van der Waals surface area contributed by atoms with Crippen LogP contribution in [0.25, 0.3) is 10.9 Å². The standard InChI is InChI=1S/C16H22N2O2/c1-10-14(11-7-5-6-8-13(11)18-10)12(16(2,3)4)9-20-15(17)19/h5-8,12,18H,9H2,1-4H3,(H2,17,19). The molecule has 2 rings (SSSR count). The summed E-state index contributed by atoms with van der Waals surface area (Å²) in [4.78, 5) is 14.3. The number of H-pyrrole nitrogens is 1. The lowest BCUT2D eigenvalue weighted by Gasteiger charge is -2.30. The number of nitrogens with one attached hydrogen (secondary N) is 1. The van der Waals surface area contributed by atoms with Crippen molar-refractivity contribution in [3.63, 3.8) is 0 Å². The minimum absolute atomic E-state index is 0.0365. The van der Waals surface area contributed by atoms with E-state index in [1.807, 2.05) is 12.1 Å². The maximum Gasteiger partial charge on any atom is 0.404 e. The van der Waals surface area contributed by atoms with Crippen molar-refractivity contribution >= 4 is 17.0 Å². The number of hydrogen-bond acceptors (Lipinski definition) is 2. The second-order valence-electron chi connectivity index (χ2n) is 6.26. The van der Waals surface area contributed by atoms with Crippen molar-refractivity contribution in [1.82, 2.24) is 4.98 Å². The molecule has 2 aromatic rings. The lowest BCUT2D eigenvalue weighted by molar-refractivity contribution is 0.126. The van der Waals surface area contributed by atoms with E-state index in [1.165, 1.54) is 10.9 Å². The summed E-state index contributed by atoms with van der Waals surface area (Å²) in [5.41, 5.74) is 8.50. The van der Waals surface area contributed by atoms with E-state index >= 15 is 0 Å². The summed E-state index contributed by atoms with van der Waals surface area (Å²) in [6, 6.07) is 8.18. The van der Waals surface area contributed by atoms with Crippen molar-refractivity contribution in [1.29, 1.82) is 0 Å². The topological polar surface area (TPSA) is 68.1 Å². The van der Waals surface area contributed by atoms with Gasteiger partial charge in [-0.3, -0.25) is 0 Å². The van der Waals surface area contributed by atoms with Gasteiger partial charge in [0.2, 0.25) is 0 Å². The number of benzene rings is 1. The number of para-hydroxylation sites is 1. The van der Waals surface area contributed by atoms with Crippen molar-refractivity contribution in [2.75, 3.05) is 6.61 Å². The molecule has 0 bridgehead atoms. The van der Waals surface area contributed by atoms with Gasteiger partial charge in [-0.25, -0.2) is 4.79 Å². The predicted molar refractivity (Wildman–Crippen MR) is 80.8 cm³/mol. The van der Waals surface area contributed by atoms with Crippen LogP contribution in [0.1, 0.15) is 37.9 Å². The number of fused-ring (bicyclic) bond motifs is 1. The molecule has 1 aromatic heterocycles. The van der Waals surface area contributed by atoms with Gasteiger partial charge in [0, 0.05) is 22.5 Å². The lowest BCUT2D eigenvalue weighted by Crippen LogP contribution is -2.26. The van der Waals surface area contributed by atoms with Gasteiger partial charge in [0.15, 0.2) is 0 Å². The van der Waals surface area contributed by atoms with E-state index in [-0.39, 0.29) is 11.3 Å². The van der Waals surface area contributed by atoms with Crippen LogP contribution in [0, 0.1) is 12.3 Å². The molecule has 1 amide bonds. The van der Waals surface area contributed by atoms with E-state index in [4.69, 9.17) is 10.5 Å². The number of hydrogen-bond donors (Lipinski definition) is 2. The molecule has 0 saturated heterocycles. The molecule has 4 heteroatoms. The molecule has 1 aromatic carbocycles. The van der Waals surface area contributed by atoms with Crippen LogP contribution in [0.3, 0.4) is 0 Å². The Bertz CT molecular complexity index is 623. The first-order valence-electron chi connectivity index (χ1n) is 6.80. The number of carbonyl (C=O) groups excluding carboxylic acids is 1. The molecule has 0 aliphatic heterocycles. The van der Waals surface area contributed by atoms with Crippen LogP contribution < -0.4 is 5.73 Å². The molecule has 108 valence electrons. The van der Waals surface area contributed by atoms with Gasteiger partial charge in [-0.1, -0.05) is 39.0 Å². The Morgan fingerprint density at radius 3 is 2.60 bits per heavy atom. The Morgan fingerprint density at radius 1 is 1.35 bits per heavy atom. The van der Waals surface area contributed by atoms with Gasteiger partial charge in [-0.15, -0.1) is 0 Å². The van der Waals surface area contributed by atoms with Crippen LogP contribution in [-0.4, -0.2) is 17.7 Å².